The van der Waals surface area contributed by atoms with Crippen LogP contribution in [0.15, 0.2) is 0 Å². The minimum Gasteiger partial charge on any atom is -0.480 e. The van der Waals surface area contributed by atoms with Crippen LogP contribution in [0.5, 0.6) is 0 Å². The van der Waals surface area contributed by atoms with Gasteiger partial charge < -0.3 is 10.4 Å². The molecule has 0 bridgehead atoms. The summed E-state index contributed by atoms with van der Waals surface area (Å²) in [6, 6.07) is -0.967. The lowest BCUT2D eigenvalue weighted by molar-refractivity contribution is -0.184. The van der Waals surface area contributed by atoms with Crippen molar-refractivity contribution in [2.45, 2.75) is 44.3 Å². The van der Waals surface area contributed by atoms with Crippen LogP contribution in [0, 0.1) is 11.8 Å². The van der Waals surface area contributed by atoms with Crippen molar-refractivity contribution in [3.8, 4) is 0 Å². The van der Waals surface area contributed by atoms with Crippen LogP contribution in [0.3, 0.4) is 0 Å². The van der Waals surface area contributed by atoms with Crippen LogP contribution in [0.1, 0.15) is 32.1 Å². The monoisotopic (exact) mass is 327 g/mol. The third-order valence-electron chi connectivity index (χ3n) is 3.79. The third-order valence-corrected chi connectivity index (χ3v) is 4.43. The molecule has 0 radical (unpaired) electrons. The van der Waals surface area contributed by atoms with Crippen LogP contribution < -0.4 is 5.32 Å². The van der Waals surface area contributed by atoms with Crippen LogP contribution in [0.25, 0.3) is 0 Å². The predicted molar refractivity (Wildman–Crippen MR) is 74.1 cm³/mol. The average molecular weight is 327 g/mol. The number of hydrogen-bond acceptors (Lipinski definition) is 3. The number of hydrogen-bond donors (Lipinski definition) is 2. The van der Waals surface area contributed by atoms with Gasteiger partial charge in [-0.2, -0.15) is 24.9 Å². The number of carboxylic acid groups (broad SMARTS) is 1. The van der Waals surface area contributed by atoms with Crippen LogP contribution in [-0.2, 0) is 9.59 Å². The van der Waals surface area contributed by atoms with Crippen LogP contribution in [0.4, 0.5) is 13.2 Å². The minimum absolute atomic E-state index is 0.0653. The van der Waals surface area contributed by atoms with Gasteiger partial charge in [-0.3, -0.25) is 4.79 Å². The molecule has 0 aromatic rings. The fourth-order valence-electron chi connectivity index (χ4n) is 2.47. The van der Waals surface area contributed by atoms with Crippen molar-refractivity contribution in [1.82, 2.24) is 5.32 Å². The molecule has 0 spiro atoms. The summed E-state index contributed by atoms with van der Waals surface area (Å²) in [5.74, 6) is -2.81. The Kier molecular flexibility index (Phi) is 6.83. The molecule has 0 aliphatic heterocycles. The average Bonchev–Trinajstić information content (AvgIpc) is 2.42. The molecule has 1 aliphatic carbocycles. The summed E-state index contributed by atoms with van der Waals surface area (Å²) < 4.78 is 37.6. The number of alkyl halides is 3. The Hall–Kier alpha value is -0.920. The molecule has 122 valence electrons. The second-order valence-corrected chi connectivity index (χ2v) is 6.26. The highest BCUT2D eigenvalue weighted by Gasteiger charge is 2.42. The Morgan fingerprint density at radius 1 is 1.29 bits per heavy atom. The molecule has 1 unspecified atom stereocenters. The number of aliphatic carboxylic acids is 1. The van der Waals surface area contributed by atoms with E-state index in [4.69, 9.17) is 5.11 Å². The maximum Gasteiger partial charge on any atom is 0.391 e. The van der Waals surface area contributed by atoms with Gasteiger partial charge in [-0.15, -0.1) is 0 Å². The molecule has 0 saturated heterocycles. The van der Waals surface area contributed by atoms with Crippen molar-refractivity contribution in [3.05, 3.63) is 0 Å². The summed E-state index contributed by atoms with van der Waals surface area (Å²) in [7, 11) is 0. The lowest BCUT2D eigenvalue weighted by Crippen LogP contribution is -2.45. The summed E-state index contributed by atoms with van der Waals surface area (Å²) in [6.45, 7) is 0. The Bertz CT molecular complexity index is 368. The van der Waals surface area contributed by atoms with E-state index in [0.29, 0.717) is 12.2 Å². The van der Waals surface area contributed by atoms with Crippen LogP contribution >= 0.6 is 11.8 Å². The first kappa shape index (κ1) is 18.1. The highest BCUT2D eigenvalue weighted by Crippen LogP contribution is 2.39. The van der Waals surface area contributed by atoms with Crippen molar-refractivity contribution in [1.29, 1.82) is 0 Å². The normalized spacial score (nSPS) is 24.4. The van der Waals surface area contributed by atoms with E-state index in [1.807, 2.05) is 6.26 Å². The largest absolute Gasteiger partial charge is 0.480 e. The van der Waals surface area contributed by atoms with Gasteiger partial charge in [0.2, 0.25) is 5.91 Å². The van der Waals surface area contributed by atoms with Gasteiger partial charge >= 0.3 is 12.1 Å². The zero-order valence-corrected chi connectivity index (χ0v) is 12.6. The first-order chi connectivity index (χ1) is 9.75. The Labute approximate surface area is 125 Å². The molecule has 1 saturated carbocycles. The Morgan fingerprint density at radius 3 is 2.29 bits per heavy atom. The molecule has 8 heteroatoms. The van der Waals surface area contributed by atoms with E-state index in [-0.39, 0.29) is 25.7 Å². The first-order valence-corrected chi connectivity index (χ1v) is 8.24. The number of amides is 1. The van der Waals surface area contributed by atoms with E-state index in [2.05, 4.69) is 5.32 Å². The summed E-state index contributed by atoms with van der Waals surface area (Å²) in [6.07, 6.45) is -1.88. The van der Waals surface area contributed by atoms with Gasteiger partial charge in [0.15, 0.2) is 0 Å². The van der Waals surface area contributed by atoms with Crippen LogP contribution in [0.2, 0.25) is 0 Å². The molecule has 0 aromatic heterocycles. The van der Waals surface area contributed by atoms with E-state index in [9.17, 15) is 22.8 Å². The lowest BCUT2D eigenvalue weighted by atomic mass is 9.81. The number of nitrogens with one attached hydrogen (secondary N) is 1. The molecule has 1 fully saturated rings. The number of carbonyl (C=O) groups excluding carboxylic acids is 1. The SMILES string of the molecule is CSCCC(NC(=O)C1CCC(C(F)(F)F)CC1)C(=O)O. The minimum atomic E-state index is -4.20. The third kappa shape index (κ3) is 5.76. The molecule has 21 heavy (non-hydrogen) atoms. The highest BCUT2D eigenvalue weighted by atomic mass is 32.2. The van der Waals surface area contributed by atoms with Gasteiger partial charge in [0.05, 0.1) is 5.92 Å². The fourth-order valence-corrected chi connectivity index (χ4v) is 2.94. The quantitative estimate of drug-likeness (QED) is 0.787. The maximum absolute atomic E-state index is 12.5. The Morgan fingerprint density at radius 2 is 1.86 bits per heavy atom. The topological polar surface area (TPSA) is 66.4 Å². The van der Waals surface area contributed by atoms with Gasteiger partial charge in [-0.25, -0.2) is 4.79 Å². The summed E-state index contributed by atoms with van der Waals surface area (Å²) in [5.41, 5.74) is 0. The van der Waals surface area contributed by atoms with Crippen molar-refractivity contribution in [2.24, 2.45) is 11.8 Å². The fraction of sp³-hybridized carbons (Fsp3) is 0.846. The highest BCUT2D eigenvalue weighted by molar-refractivity contribution is 7.98. The molecule has 1 rings (SSSR count). The molecular formula is C13H20F3NO3S. The maximum atomic E-state index is 12.5. The van der Waals surface area contributed by atoms with Crippen molar-refractivity contribution < 1.29 is 27.9 Å². The lowest BCUT2D eigenvalue weighted by Gasteiger charge is -2.29. The van der Waals surface area contributed by atoms with Gasteiger partial charge in [0.1, 0.15) is 6.04 Å². The molecule has 0 aromatic carbocycles. The van der Waals surface area contributed by atoms with Crippen molar-refractivity contribution in [3.63, 3.8) is 0 Å². The van der Waals surface area contributed by atoms with Crippen LogP contribution in [-0.4, -0.2) is 41.2 Å². The molecule has 4 nitrogen and oxygen atoms in total. The van der Waals surface area contributed by atoms with Crippen molar-refractivity contribution >= 4 is 23.6 Å². The number of carbonyl (C=O) groups is 2. The second-order valence-electron chi connectivity index (χ2n) is 5.27. The second kappa shape index (κ2) is 7.91. The molecular weight excluding hydrogens is 307 g/mol. The smallest absolute Gasteiger partial charge is 0.391 e. The van der Waals surface area contributed by atoms with E-state index < -0.39 is 35.9 Å². The summed E-state index contributed by atoms with van der Waals surface area (Å²) in [4.78, 5) is 23.0. The van der Waals surface area contributed by atoms with Gasteiger partial charge in [0, 0.05) is 5.92 Å². The number of halogens is 3. The summed E-state index contributed by atoms with van der Waals surface area (Å²) >= 11 is 1.47. The van der Waals surface area contributed by atoms with E-state index >= 15 is 0 Å². The van der Waals surface area contributed by atoms with Gasteiger partial charge in [-0.1, -0.05) is 0 Å². The van der Waals surface area contributed by atoms with E-state index in [0.717, 1.165) is 0 Å². The summed E-state index contributed by atoms with van der Waals surface area (Å²) in [5, 5.41) is 11.5. The molecule has 1 atom stereocenters. The molecule has 1 aliphatic rings. The standard InChI is InChI=1S/C13H20F3NO3S/c1-21-7-6-10(12(19)20)17-11(18)8-2-4-9(5-3-8)13(14,15)16/h8-10H,2-7H2,1H3,(H,17,18)(H,19,20). The van der Waals surface area contributed by atoms with E-state index in [1.54, 1.807) is 0 Å². The number of rotatable bonds is 6. The van der Waals surface area contributed by atoms with Gasteiger partial charge in [-0.05, 0) is 44.1 Å². The zero-order valence-electron chi connectivity index (χ0n) is 11.8. The van der Waals surface area contributed by atoms with E-state index in [1.165, 1.54) is 11.8 Å². The molecule has 1 amide bonds. The number of thioether (sulfide) groups is 1. The molecule has 0 heterocycles. The first-order valence-electron chi connectivity index (χ1n) is 6.84. The zero-order chi connectivity index (χ0) is 16.0. The molecule has 2 N–H and O–H groups in total. The van der Waals surface area contributed by atoms with Crippen molar-refractivity contribution in [2.75, 3.05) is 12.0 Å². The Balaban J connectivity index is 2.47. The number of carboxylic acids is 1. The predicted octanol–water partition coefficient (Wildman–Crippen LogP) is 2.68. The van der Waals surface area contributed by atoms with Gasteiger partial charge in [0.25, 0.3) is 0 Å².